The van der Waals surface area contributed by atoms with Gasteiger partial charge in [0.2, 0.25) is 0 Å². The molecule has 2 heterocycles. The Labute approximate surface area is 107 Å². The highest BCUT2D eigenvalue weighted by atomic mass is 16.5. The van der Waals surface area contributed by atoms with Crippen molar-refractivity contribution in [1.82, 2.24) is 20.3 Å². The highest BCUT2D eigenvalue weighted by Crippen LogP contribution is 2.22. The van der Waals surface area contributed by atoms with Crippen LogP contribution >= 0.6 is 0 Å². The molecule has 0 aliphatic carbocycles. The third kappa shape index (κ3) is 2.98. The van der Waals surface area contributed by atoms with E-state index in [0.717, 1.165) is 36.5 Å². The zero-order chi connectivity index (χ0) is 13.0. The Morgan fingerprint density at radius 2 is 2.22 bits per heavy atom. The van der Waals surface area contributed by atoms with Crippen LogP contribution in [0.25, 0.3) is 11.3 Å². The van der Waals surface area contributed by atoms with Gasteiger partial charge >= 0.3 is 0 Å². The van der Waals surface area contributed by atoms with Gasteiger partial charge in [0.1, 0.15) is 0 Å². The van der Waals surface area contributed by atoms with Gasteiger partial charge in [-0.1, -0.05) is 19.0 Å². The van der Waals surface area contributed by atoms with E-state index in [4.69, 9.17) is 4.52 Å². The predicted octanol–water partition coefficient (Wildman–Crippen LogP) is 2.30. The summed E-state index contributed by atoms with van der Waals surface area (Å²) in [6.07, 6.45) is 5.56. The van der Waals surface area contributed by atoms with Crippen molar-refractivity contribution in [3.05, 3.63) is 24.2 Å². The molecule has 0 aromatic carbocycles. The van der Waals surface area contributed by atoms with E-state index in [1.165, 1.54) is 0 Å². The van der Waals surface area contributed by atoms with Crippen molar-refractivity contribution in [3.8, 4) is 11.3 Å². The second kappa shape index (κ2) is 5.82. The molecule has 0 unspecified atom stereocenters. The topological polar surface area (TPSA) is 55.9 Å². The molecule has 0 atom stereocenters. The summed E-state index contributed by atoms with van der Waals surface area (Å²) in [7, 11) is 0. The van der Waals surface area contributed by atoms with Crippen molar-refractivity contribution in [2.75, 3.05) is 6.54 Å². The van der Waals surface area contributed by atoms with Crippen molar-refractivity contribution in [2.24, 2.45) is 5.92 Å². The summed E-state index contributed by atoms with van der Waals surface area (Å²) in [5.74, 6) is 1.45. The summed E-state index contributed by atoms with van der Waals surface area (Å²) in [5, 5.41) is 11.5. The molecule has 18 heavy (non-hydrogen) atoms. The first kappa shape index (κ1) is 12.8. The first-order valence-electron chi connectivity index (χ1n) is 6.37. The van der Waals surface area contributed by atoms with Gasteiger partial charge in [-0.05, 0) is 19.4 Å². The minimum absolute atomic E-state index is 0.635. The normalized spacial score (nSPS) is 11.3. The van der Waals surface area contributed by atoms with Gasteiger partial charge in [-0.15, -0.1) is 0 Å². The maximum atomic E-state index is 5.32. The van der Waals surface area contributed by atoms with Crippen LogP contribution in [-0.2, 0) is 13.1 Å². The molecule has 2 rings (SSSR count). The Hall–Kier alpha value is -1.62. The van der Waals surface area contributed by atoms with Crippen LogP contribution in [0.2, 0.25) is 0 Å². The van der Waals surface area contributed by atoms with Crippen LogP contribution in [0.5, 0.6) is 0 Å². The van der Waals surface area contributed by atoms with Crippen LogP contribution in [0.1, 0.15) is 26.3 Å². The molecule has 0 radical (unpaired) electrons. The van der Waals surface area contributed by atoms with E-state index >= 15 is 0 Å². The van der Waals surface area contributed by atoms with Gasteiger partial charge in [0.05, 0.1) is 18.0 Å². The van der Waals surface area contributed by atoms with E-state index in [9.17, 15) is 0 Å². The summed E-state index contributed by atoms with van der Waals surface area (Å²) in [6, 6.07) is 0. The molecule has 0 saturated carbocycles. The van der Waals surface area contributed by atoms with E-state index < -0.39 is 0 Å². The molecule has 0 aliphatic rings. The molecular weight excluding hydrogens is 228 g/mol. The molecule has 0 aliphatic heterocycles. The number of nitrogens with one attached hydrogen (secondary N) is 1. The van der Waals surface area contributed by atoms with Gasteiger partial charge in [-0.25, -0.2) is 0 Å². The minimum atomic E-state index is 0.635. The molecule has 5 heteroatoms. The van der Waals surface area contributed by atoms with Gasteiger partial charge in [-0.2, -0.15) is 5.10 Å². The first-order valence-corrected chi connectivity index (χ1v) is 6.37. The lowest BCUT2D eigenvalue weighted by Gasteiger charge is -2.06. The standard InChI is InChI=1S/C13H20N4O/c1-4-17-9-12(7-15-17)13-11(8-16-18-13)6-14-5-10(2)3/h7-10,14H,4-6H2,1-3H3. The number of nitrogens with zero attached hydrogens (tertiary/aromatic N) is 3. The van der Waals surface area contributed by atoms with E-state index in [2.05, 4.69) is 36.3 Å². The number of aromatic nitrogens is 3. The van der Waals surface area contributed by atoms with Gasteiger partial charge in [0, 0.05) is 24.8 Å². The lowest BCUT2D eigenvalue weighted by molar-refractivity contribution is 0.431. The molecule has 0 amide bonds. The van der Waals surface area contributed by atoms with E-state index in [1.54, 1.807) is 6.20 Å². The molecule has 0 spiro atoms. The Bertz CT molecular complexity index is 487. The van der Waals surface area contributed by atoms with Gasteiger partial charge < -0.3 is 9.84 Å². The molecule has 2 aromatic rings. The smallest absolute Gasteiger partial charge is 0.174 e. The summed E-state index contributed by atoms with van der Waals surface area (Å²) in [5.41, 5.74) is 2.06. The average Bonchev–Trinajstić information content (AvgIpc) is 2.95. The fourth-order valence-corrected chi connectivity index (χ4v) is 1.77. The Morgan fingerprint density at radius 1 is 1.39 bits per heavy atom. The average molecular weight is 248 g/mol. The van der Waals surface area contributed by atoms with Crippen LogP contribution in [0.3, 0.4) is 0 Å². The highest BCUT2D eigenvalue weighted by molar-refractivity contribution is 5.58. The van der Waals surface area contributed by atoms with Crippen LogP contribution in [0.15, 0.2) is 23.1 Å². The van der Waals surface area contributed by atoms with Crippen LogP contribution in [-0.4, -0.2) is 21.5 Å². The third-order valence-electron chi connectivity index (χ3n) is 2.73. The third-order valence-corrected chi connectivity index (χ3v) is 2.73. The second-order valence-corrected chi connectivity index (χ2v) is 4.79. The minimum Gasteiger partial charge on any atom is -0.356 e. The molecule has 0 bridgehead atoms. The van der Waals surface area contributed by atoms with Crippen molar-refractivity contribution in [1.29, 1.82) is 0 Å². The molecule has 2 aromatic heterocycles. The summed E-state index contributed by atoms with van der Waals surface area (Å²) in [6.45, 7) is 9.05. The number of aryl methyl sites for hydroxylation is 1. The molecule has 1 N–H and O–H groups in total. The van der Waals surface area contributed by atoms with Crippen molar-refractivity contribution in [3.63, 3.8) is 0 Å². The maximum Gasteiger partial charge on any atom is 0.174 e. The van der Waals surface area contributed by atoms with Crippen molar-refractivity contribution >= 4 is 0 Å². The van der Waals surface area contributed by atoms with Gasteiger partial charge in [0.25, 0.3) is 0 Å². The Morgan fingerprint density at radius 3 is 2.89 bits per heavy atom. The zero-order valence-corrected chi connectivity index (χ0v) is 11.2. The second-order valence-electron chi connectivity index (χ2n) is 4.79. The maximum absolute atomic E-state index is 5.32. The molecule has 0 fully saturated rings. The highest BCUT2D eigenvalue weighted by Gasteiger charge is 2.12. The lowest BCUT2D eigenvalue weighted by atomic mass is 10.1. The Balaban J connectivity index is 2.07. The van der Waals surface area contributed by atoms with Gasteiger partial charge in [0.15, 0.2) is 5.76 Å². The number of rotatable bonds is 6. The Kier molecular flexibility index (Phi) is 4.15. The van der Waals surface area contributed by atoms with E-state index in [0.29, 0.717) is 5.92 Å². The fourth-order valence-electron chi connectivity index (χ4n) is 1.77. The van der Waals surface area contributed by atoms with E-state index in [-0.39, 0.29) is 0 Å². The van der Waals surface area contributed by atoms with Crippen molar-refractivity contribution in [2.45, 2.75) is 33.9 Å². The van der Waals surface area contributed by atoms with Gasteiger partial charge in [-0.3, -0.25) is 4.68 Å². The lowest BCUT2D eigenvalue weighted by Crippen LogP contribution is -2.18. The van der Waals surface area contributed by atoms with Crippen LogP contribution < -0.4 is 5.32 Å². The SMILES string of the molecule is CCn1cc(-c2oncc2CNCC(C)C)cn1. The quantitative estimate of drug-likeness (QED) is 0.852. The first-order chi connectivity index (χ1) is 8.70. The molecule has 5 nitrogen and oxygen atoms in total. The van der Waals surface area contributed by atoms with Crippen molar-refractivity contribution < 1.29 is 4.52 Å². The van der Waals surface area contributed by atoms with Crippen LogP contribution in [0.4, 0.5) is 0 Å². The molecule has 98 valence electrons. The molecule has 0 saturated heterocycles. The largest absolute Gasteiger partial charge is 0.356 e. The number of hydrogen-bond acceptors (Lipinski definition) is 4. The molecular formula is C13H20N4O. The fraction of sp³-hybridized carbons (Fsp3) is 0.538. The monoisotopic (exact) mass is 248 g/mol. The summed E-state index contributed by atoms with van der Waals surface area (Å²) < 4.78 is 7.20. The van der Waals surface area contributed by atoms with Crippen LogP contribution in [0, 0.1) is 5.92 Å². The van der Waals surface area contributed by atoms with E-state index in [1.807, 2.05) is 17.1 Å². The summed E-state index contributed by atoms with van der Waals surface area (Å²) in [4.78, 5) is 0. The summed E-state index contributed by atoms with van der Waals surface area (Å²) >= 11 is 0. The number of hydrogen-bond donors (Lipinski definition) is 1. The zero-order valence-electron chi connectivity index (χ0n) is 11.2. The predicted molar refractivity (Wildman–Crippen MR) is 69.9 cm³/mol.